The summed E-state index contributed by atoms with van der Waals surface area (Å²) in [5, 5.41) is 0. The van der Waals surface area contributed by atoms with E-state index < -0.39 is 5.92 Å². The lowest BCUT2D eigenvalue weighted by molar-refractivity contribution is -0.0494. The molecule has 1 aliphatic rings. The second kappa shape index (κ2) is 6.78. The van der Waals surface area contributed by atoms with E-state index >= 15 is 0 Å². The SMILES string of the molecule is Cn1ccc(-c2cnc3ccc(C(=O)N4CCC(F)(F)CC4)cc3n2)cc1=O. The summed E-state index contributed by atoms with van der Waals surface area (Å²) in [6.45, 7) is 0.0613. The van der Waals surface area contributed by atoms with E-state index in [0.29, 0.717) is 27.9 Å². The lowest BCUT2D eigenvalue weighted by Crippen LogP contribution is -2.42. The highest BCUT2D eigenvalue weighted by atomic mass is 19.3. The number of halogens is 2. The highest BCUT2D eigenvalue weighted by molar-refractivity contribution is 5.97. The van der Waals surface area contributed by atoms with Gasteiger partial charge in [-0.25, -0.2) is 13.8 Å². The van der Waals surface area contributed by atoms with Crippen LogP contribution in [-0.2, 0) is 7.05 Å². The molecular formula is C20H18F2N4O2. The second-order valence-electron chi connectivity index (χ2n) is 6.97. The molecule has 4 rings (SSSR count). The monoisotopic (exact) mass is 384 g/mol. The molecule has 0 atom stereocenters. The van der Waals surface area contributed by atoms with Crippen molar-refractivity contribution in [3.63, 3.8) is 0 Å². The van der Waals surface area contributed by atoms with Crippen LogP contribution in [0.3, 0.4) is 0 Å². The van der Waals surface area contributed by atoms with E-state index in [9.17, 15) is 18.4 Å². The van der Waals surface area contributed by atoms with Crippen molar-refractivity contribution in [2.75, 3.05) is 13.1 Å². The molecule has 8 heteroatoms. The summed E-state index contributed by atoms with van der Waals surface area (Å²) in [5.74, 6) is -2.99. The van der Waals surface area contributed by atoms with E-state index in [4.69, 9.17) is 0 Å². The fourth-order valence-corrected chi connectivity index (χ4v) is 3.21. The average Bonchev–Trinajstić information content (AvgIpc) is 2.68. The van der Waals surface area contributed by atoms with E-state index in [-0.39, 0.29) is 37.4 Å². The number of carbonyl (C=O) groups excluding carboxylic acids is 1. The Labute approximate surface area is 159 Å². The lowest BCUT2D eigenvalue weighted by atomic mass is 10.1. The van der Waals surface area contributed by atoms with Crippen LogP contribution in [0.2, 0.25) is 0 Å². The molecule has 28 heavy (non-hydrogen) atoms. The molecule has 1 amide bonds. The number of hydrogen-bond donors (Lipinski definition) is 0. The first-order chi connectivity index (χ1) is 13.3. The van der Waals surface area contributed by atoms with E-state index in [0.717, 1.165) is 0 Å². The van der Waals surface area contributed by atoms with Gasteiger partial charge < -0.3 is 9.47 Å². The summed E-state index contributed by atoms with van der Waals surface area (Å²) in [6.07, 6.45) is 2.58. The number of piperidine rings is 1. The maximum Gasteiger partial charge on any atom is 0.253 e. The molecule has 0 N–H and O–H groups in total. The van der Waals surface area contributed by atoms with Gasteiger partial charge in [0, 0.05) is 56.4 Å². The van der Waals surface area contributed by atoms with Crippen LogP contribution >= 0.6 is 0 Å². The van der Waals surface area contributed by atoms with Crippen molar-refractivity contribution < 1.29 is 13.6 Å². The van der Waals surface area contributed by atoms with E-state index in [1.165, 1.54) is 15.5 Å². The molecule has 0 saturated carbocycles. The van der Waals surface area contributed by atoms with Crippen LogP contribution in [0.5, 0.6) is 0 Å². The Hall–Kier alpha value is -3.16. The van der Waals surface area contributed by atoms with Gasteiger partial charge >= 0.3 is 0 Å². The quantitative estimate of drug-likeness (QED) is 0.681. The van der Waals surface area contributed by atoms with Gasteiger partial charge in [0.15, 0.2) is 0 Å². The lowest BCUT2D eigenvalue weighted by Gasteiger charge is -2.31. The number of benzene rings is 1. The summed E-state index contributed by atoms with van der Waals surface area (Å²) in [7, 11) is 1.66. The third-order valence-corrected chi connectivity index (χ3v) is 4.97. The highest BCUT2D eigenvalue weighted by Gasteiger charge is 2.35. The first-order valence-corrected chi connectivity index (χ1v) is 8.93. The fourth-order valence-electron chi connectivity index (χ4n) is 3.21. The number of fused-ring (bicyclic) bond motifs is 1. The minimum atomic E-state index is -2.70. The van der Waals surface area contributed by atoms with Crippen molar-refractivity contribution >= 4 is 16.9 Å². The Morgan fingerprint density at radius 2 is 1.86 bits per heavy atom. The molecule has 1 saturated heterocycles. The van der Waals surface area contributed by atoms with Gasteiger partial charge in [0.25, 0.3) is 17.4 Å². The topological polar surface area (TPSA) is 68.1 Å². The number of aryl methyl sites for hydroxylation is 1. The molecule has 0 bridgehead atoms. The summed E-state index contributed by atoms with van der Waals surface area (Å²) < 4.78 is 28.1. The van der Waals surface area contributed by atoms with Crippen LogP contribution in [-0.4, -0.2) is 44.4 Å². The van der Waals surface area contributed by atoms with Crippen molar-refractivity contribution in [1.82, 2.24) is 19.4 Å². The molecule has 2 aromatic heterocycles. The number of hydrogen-bond acceptors (Lipinski definition) is 4. The number of aromatic nitrogens is 3. The zero-order valence-corrected chi connectivity index (χ0v) is 15.2. The van der Waals surface area contributed by atoms with Crippen molar-refractivity contribution in [3.05, 3.63) is 58.6 Å². The van der Waals surface area contributed by atoms with Crippen LogP contribution < -0.4 is 5.56 Å². The Balaban J connectivity index is 1.65. The Morgan fingerprint density at radius 3 is 2.57 bits per heavy atom. The van der Waals surface area contributed by atoms with Crippen LogP contribution in [0.25, 0.3) is 22.3 Å². The van der Waals surface area contributed by atoms with Crippen LogP contribution in [0.1, 0.15) is 23.2 Å². The van der Waals surface area contributed by atoms with E-state index in [2.05, 4.69) is 9.97 Å². The molecule has 1 aliphatic heterocycles. The van der Waals surface area contributed by atoms with Gasteiger partial charge in [-0.3, -0.25) is 14.6 Å². The molecule has 0 aliphatic carbocycles. The van der Waals surface area contributed by atoms with Crippen molar-refractivity contribution in [2.45, 2.75) is 18.8 Å². The highest BCUT2D eigenvalue weighted by Crippen LogP contribution is 2.28. The van der Waals surface area contributed by atoms with Crippen LogP contribution in [0.4, 0.5) is 8.78 Å². The maximum atomic E-state index is 13.3. The minimum absolute atomic E-state index is 0.0307. The Kier molecular flexibility index (Phi) is 4.41. The predicted molar refractivity (Wildman–Crippen MR) is 100 cm³/mol. The van der Waals surface area contributed by atoms with Crippen molar-refractivity contribution in [1.29, 1.82) is 0 Å². The van der Waals surface area contributed by atoms with Crippen LogP contribution in [0.15, 0.2) is 47.5 Å². The van der Waals surface area contributed by atoms with Gasteiger partial charge in [0.2, 0.25) is 0 Å². The van der Waals surface area contributed by atoms with Crippen molar-refractivity contribution in [3.8, 4) is 11.3 Å². The summed E-state index contributed by atoms with van der Waals surface area (Å²) in [4.78, 5) is 34.8. The summed E-state index contributed by atoms with van der Waals surface area (Å²) in [5.41, 5.74) is 2.49. The first kappa shape index (κ1) is 18.2. The van der Waals surface area contributed by atoms with E-state index in [1.54, 1.807) is 43.7 Å². The molecule has 0 spiro atoms. The molecule has 1 aromatic carbocycles. The zero-order chi connectivity index (χ0) is 19.9. The molecule has 0 unspecified atom stereocenters. The number of likely N-dealkylation sites (tertiary alicyclic amines) is 1. The smallest absolute Gasteiger partial charge is 0.253 e. The predicted octanol–water partition coefficient (Wildman–Crippen LogP) is 2.87. The first-order valence-electron chi connectivity index (χ1n) is 8.93. The second-order valence-corrected chi connectivity index (χ2v) is 6.97. The van der Waals surface area contributed by atoms with E-state index in [1.807, 2.05) is 0 Å². The van der Waals surface area contributed by atoms with Gasteiger partial charge in [-0.15, -0.1) is 0 Å². The third kappa shape index (κ3) is 3.49. The largest absolute Gasteiger partial charge is 0.338 e. The molecule has 0 radical (unpaired) electrons. The average molecular weight is 384 g/mol. The number of amides is 1. The molecule has 3 aromatic rings. The standard InChI is InChI=1S/C20H18F2N4O2/c1-25-7-4-13(11-18(25)27)17-12-23-15-3-2-14(10-16(15)24-17)19(28)26-8-5-20(21,22)6-9-26/h2-4,7,10-12H,5-6,8-9H2,1H3. The Bertz CT molecular complexity index is 1120. The molecule has 1 fully saturated rings. The normalized spacial score (nSPS) is 16.3. The molecular weight excluding hydrogens is 366 g/mol. The minimum Gasteiger partial charge on any atom is -0.338 e. The molecule has 3 heterocycles. The molecule has 144 valence electrons. The summed E-state index contributed by atoms with van der Waals surface area (Å²) >= 11 is 0. The third-order valence-electron chi connectivity index (χ3n) is 4.97. The zero-order valence-electron chi connectivity index (χ0n) is 15.2. The fraction of sp³-hybridized carbons (Fsp3) is 0.300. The van der Waals surface area contributed by atoms with Gasteiger partial charge in [-0.05, 0) is 24.3 Å². The number of carbonyl (C=O) groups is 1. The number of nitrogens with zero attached hydrogens (tertiary/aromatic N) is 4. The van der Waals surface area contributed by atoms with Crippen molar-refractivity contribution in [2.24, 2.45) is 7.05 Å². The van der Waals surface area contributed by atoms with Gasteiger partial charge in [-0.2, -0.15) is 0 Å². The Morgan fingerprint density at radius 1 is 1.11 bits per heavy atom. The number of pyridine rings is 1. The number of alkyl halides is 2. The maximum absolute atomic E-state index is 13.3. The van der Waals surface area contributed by atoms with Gasteiger partial charge in [0.1, 0.15) is 0 Å². The van der Waals surface area contributed by atoms with Gasteiger partial charge in [-0.1, -0.05) is 0 Å². The molecule has 6 nitrogen and oxygen atoms in total. The summed E-state index contributed by atoms with van der Waals surface area (Å²) in [6, 6.07) is 8.16. The van der Waals surface area contributed by atoms with Gasteiger partial charge in [0.05, 0.1) is 22.9 Å². The van der Waals surface area contributed by atoms with Crippen LogP contribution in [0, 0.1) is 0 Å². The number of rotatable bonds is 2.